The van der Waals surface area contributed by atoms with Crippen molar-refractivity contribution in [1.29, 1.82) is 0 Å². The first kappa shape index (κ1) is 14.4. The molecule has 20 heavy (non-hydrogen) atoms. The number of allylic oxidation sites excluding steroid dienone is 4. The molecule has 0 saturated carbocycles. The van der Waals surface area contributed by atoms with Crippen molar-refractivity contribution in [3.05, 3.63) is 83.9 Å². The molecule has 0 unspecified atom stereocenters. The minimum Gasteiger partial charge on any atom is -0.506 e. The van der Waals surface area contributed by atoms with Crippen molar-refractivity contribution in [2.45, 2.75) is 0 Å². The summed E-state index contributed by atoms with van der Waals surface area (Å²) in [7, 11) is 0. The summed E-state index contributed by atoms with van der Waals surface area (Å²) in [6.07, 6.45) is 5.21. The van der Waals surface area contributed by atoms with Crippen molar-refractivity contribution in [1.82, 2.24) is 0 Å². The molecule has 0 aliphatic rings. The Hall–Kier alpha value is -2.06. The van der Waals surface area contributed by atoms with Crippen LogP contribution in [0.3, 0.4) is 0 Å². The number of hydrogen-bond donors (Lipinski definition) is 1. The quantitative estimate of drug-likeness (QED) is 0.727. The van der Waals surface area contributed by atoms with Crippen LogP contribution in [0.4, 0.5) is 0 Å². The van der Waals surface area contributed by atoms with Gasteiger partial charge in [0.2, 0.25) is 0 Å². The summed E-state index contributed by atoms with van der Waals surface area (Å²) < 4.78 is 0.658. The molecule has 2 aromatic carbocycles. The molecule has 0 radical (unpaired) electrons. The third kappa shape index (κ3) is 2.91. The van der Waals surface area contributed by atoms with Crippen LogP contribution in [0.1, 0.15) is 5.56 Å². The van der Waals surface area contributed by atoms with Crippen LogP contribution in [0.2, 0.25) is 0 Å². The Balaban J connectivity index is 2.64. The molecule has 0 aliphatic carbocycles. The van der Waals surface area contributed by atoms with E-state index in [0.717, 1.165) is 22.3 Å². The van der Waals surface area contributed by atoms with Crippen LogP contribution >= 0.6 is 15.9 Å². The number of benzene rings is 2. The van der Waals surface area contributed by atoms with Crippen molar-refractivity contribution >= 4 is 21.5 Å². The molecule has 2 aromatic rings. The maximum atomic E-state index is 10.2. The number of aromatic hydroxyl groups is 1. The van der Waals surface area contributed by atoms with Crippen molar-refractivity contribution in [3.8, 4) is 16.9 Å². The fourth-order valence-corrected chi connectivity index (χ4v) is 2.47. The molecule has 0 aliphatic heterocycles. The second-order valence-corrected chi connectivity index (χ2v) is 5.14. The van der Waals surface area contributed by atoms with E-state index in [1.54, 1.807) is 12.2 Å². The lowest BCUT2D eigenvalue weighted by molar-refractivity contribution is 0.470. The predicted octanol–water partition coefficient (Wildman–Crippen LogP) is 5.58. The molecular weight excluding hydrogens is 312 g/mol. The number of phenols is 1. The summed E-state index contributed by atoms with van der Waals surface area (Å²) in [5, 5.41) is 10.2. The highest BCUT2D eigenvalue weighted by Gasteiger charge is 2.11. The van der Waals surface area contributed by atoms with Crippen molar-refractivity contribution < 1.29 is 5.11 Å². The summed E-state index contributed by atoms with van der Waals surface area (Å²) >= 11 is 3.41. The third-order valence-corrected chi connectivity index (χ3v) is 3.60. The lowest BCUT2D eigenvalue weighted by atomic mass is 9.98. The van der Waals surface area contributed by atoms with Gasteiger partial charge in [0, 0.05) is 5.56 Å². The predicted molar refractivity (Wildman–Crippen MR) is 89.6 cm³/mol. The highest BCUT2D eigenvalue weighted by Crippen LogP contribution is 2.37. The Morgan fingerprint density at radius 2 is 1.75 bits per heavy atom. The van der Waals surface area contributed by atoms with E-state index in [2.05, 4.69) is 29.1 Å². The SMILES string of the molecule is C=C/C=C(\C=C)c1cc(-c2ccccc2)cc(Br)c1O. The summed E-state index contributed by atoms with van der Waals surface area (Å²) in [5.41, 5.74) is 3.68. The van der Waals surface area contributed by atoms with Crippen molar-refractivity contribution in [3.63, 3.8) is 0 Å². The van der Waals surface area contributed by atoms with E-state index in [4.69, 9.17) is 0 Å². The molecule has 0 fully saturated rings. The Labute approximate surface area is 127 Å². The molecule has 1 N–H and O–H groups in total. The van der Waals surface area contributed by atoms with E-state index in [1.807, 2.05) is 48.5 Å². The lowest BCUT2D eigenvalue weighted by Gasteiger charge is -2.11. The first-order valence-electron chi connectivity index (χ1n) is 6.21. The van der Waals surface area contributed by atoms with Gasteiger partial charge in [-0.05, 0) is 44.8 Å². The average molecular weight is 327 g/mol. The van der Waals surface area contributed by atoms with Gasteiger partial charge in [-0.1, -0.05) is 61.7 Å². The van der Waals surface area contributed by atoms with Gasteiger partial charge in [0.25, 0.3) is 0 Å². The molecule has 0 bridgehead atoms. The molecule has 2 rings (SSSR count). The van der Waals surface area contributed by atoms with E-state index < -0.39 is 0 Å². The highest BCUT2D eigenvalue weighted by atomic mass is 79.9. The van der Waals surface area contributed by atoms with E-state index in [0.29, 0.717) is 4.47 Å². The maximum Gasteiger partial charge on any atom is 0.137 e. The topological polar surface area (TPSA) is 20.2 Å². The summed E-state index contributed by atoms with van der Waals surface area (Å²) in [6, 6.07) is 13.9. The minimum absolute atomic E-state index is 0.206. The van der Waals surface area contributed by atoms with Gasteiger partial charge in [-0.3, -0.25) is 0 Å². The van der Waals surface area contributed by atoms with Crippen molar-refractivity contribution in [2.75, 3.05) is 0 Å². The van der Waals surface area contributed by atoms with Crippen LogP contribution in [-0.4, -0.2) is 5.11 Å². The Morgan fingerprint density at radius 1 is 1.05 bits per heavy atom. The molecule has 1 nitrogen and oxygen atoms in total. The fourth-order valence-electron chi connectivity index (χ4n) is 2.01. The maximum absolute atomic E-state index is 10.2. The molecule has 100 valence electrons. The Kier molecular flexibility index (Phi) is 4.59. The standard InChI is InChI=1S/C18H15BrO/c1-3-8-13(4-2)16-11-15(12-17(19)18(16)20)14-9-6-5-7-10-14/h3-12,20H,1-2H2/b13-8+. The normalized spacial score (nSPS) is 11.2. The molecule has 0 heterocycles. The van der Waals surface area contributed by atoms with Gasteiger partial charge in [-0.15, -0.1) is 0 Å². The van der Waals surface area contributed by atoms with E-state index in [-0.39, 0.29) is 5.75 Å². The minimum atomic E-state index is 0.206. The molecule has 0 aromatic heterocycles. The van der Waals surface area contributed by atoms with Crippen LogP contribution in [0.25, 0.3) is 16.7 Å². The Bertz CT molecular complexity index is 669. The third-order valence-electron chi connectivity index (χ3n) is 3.00. The molecule has 0 spiro atoms. The second-order valence-electron chi connectivity index (χ2n) is 4.28. The molecular formula is C18H15BrO. The Morgan fingerprint density at radius 3 is 2.35 bits per heavy atom. The van der Waals surface area contributed by atoms with Gasteiger partial charge in [0.05, 0.1) is 4.47 Å². The summed E-state index contributed by atoms with van der Waals surface area (Å²) in [4.78, 5) is 0. The number of hydrogen-bond acceptors (Lipinski definition) is 1. The first-order chi connectivity index (χ1) is 9.67. The van der Waals surface area contributed by atoms with Crippen LogP contribution < -0.4 is 0 Å². The van der Waals surface area contributed by atoms with Gasteiger partial charge in [-0.2, -0.15) is 0 Å². The van der Waals surface area contributed by atoms with Gasteiger partial charge < -0.3 is 5.11 Å². The molecule has 2 heteroatoms. The van der Waals surface area contributed by atoms with Gasteiger partial charge in [-0.25, -0.2) is 0 Å². The smallest absolute Gasteiger partial charge is 0.137 e. The van der Waals surface area contributed by atoms with Crippen LogP contribution in [0.5, 0.6) is 5.75 Å². The van der Waals surface area contributed by atoms with Gasteiger partial charge in [0.15, 0.2) is 0 Å². The average Bonchev–Trinajstić information content (AvgIpc) is 2.48. The molecule has 0 amide bonds. The zero-order valence-electron chi connectivity index (χ0n) is 11.0. The summed E-state index contributed by atoms with van der Waals surface area (Å²) in [5.74, 6) is 0.206. The molecule has 0 atom stereocenters. The largest absolute Gasteiger partial charge is 0.506 e. The van der Waals surface area contributed by atoms with E-state index in [9.17, 15) is 5.11 Å². The number of halogens is 1. The van der Waals surface area contributed by atoms with E-state index >= 15 is 0 Å². The lowest BCUT2D eigenvalue weighted by Crippen LogP contribution is -1.87. The second kappa shape index (κ2) is 6.40. The van der Waals surface area contributed by atoms with E-state index in [1.165, 1.54) is 0 Å². The van der Waals surface area contributed by atoms with Gasteiger partial charge in [0.1, 0.15) is 5.75 Å². The van der Waals surface area contributed by atoms with Crippen LogP contribution in [0.15, 0.2) is 78.3 Å². The van der Waals surface area contributed by atoms with Gasteiger partial charge >= 0.3 is 0 Å². The highest BCUT2D eigenvalue weighted by molar-refractivity contribution is 9.10. The van der Waals surface area contributed by atoms with Crippen LogP contribution in [0, 0.1) is 0 Å². The monoisotopic (exact) mass is 326 g/mol. The zero-order valence-corrected chi connectivity index (χ0v) is 12.6. The number of phenolic OH excluding ortho intramolecular Hbond substituents is 1. The molecule has 0 saturated heterocycles. The number of rotatable bonds is 4. The first-order valence-corrected chi connectivity index (χ1v) is 7.00. The van der Waals surface area contributed by atoms with Crippen molar-refractivity contribution in [2.24, 2.45) is 0 Å². The summed E-state index contributed by atoms with van der Waals surface area (Å²) in [6.45, 7) is 7.48. The van der Waals surface area contributed by atoms with Crippen LogP contribution in [-0.2, 0) is 0 Å². The zero-order chi connectivity index (χ0) is 14.5. The fraction of sp³-hybridized carbons (Fsp3) is 0.